The summed E-state index contributed by atoms with van der Waals surface area (Å²) < 4.78 is 1.96. The van der Waals surface area contributed by atoms with Gasteiger partial charge in [0.15, 0.2) is 0 Å². The van der Waals surface area contributed by atoms with Gasteiger partial charge in [0.05, 0.1) is 6.20 Å². The fourth-order valence-electron chi connectivity index (χ4n) is 2.13. The Labute approximate surface area is 97.6 Å². The Bertz CT molecular complexity index is 341. The van der Waals surface area contributed by atoms with E-state index in [2.05, 4.69) is 29.2 Å². The van der Waals surface area contributed by atoms with Crippen LogP contribution in [0.1, 0.15) is 24.6 Å². The second-order valence-corrected chi connectivity index (χ2v) is 4.66. The van der Waals surface area contributed by atoms with Crippen LogP contribution in [-0.4, -0.2) is 40.4 Å². The topological polar surface area (TPSA) is 33.1 Å². The normalized spacial score (nSPS) is 16.8. The number of hydrogen-bond acceptors (Lipinski definition) is 3. The van der Waals surface area contributed by atoms with Crippen molar-refractivity contribution >= 4 is 0 Å². The van der Waals surface area contributed by atoms with Gasteiger partial charge in [-0.15, -0.1) is 0 Å². The lowest BCUT2D eigenvalue weighted by molar-refractivity contribution is 0.137. The Morgan fingerprint density at radius 3 is 2.75 bits per heavy atom. The van der Waals surface area contributed by atoms with E-state index in [1.165, 1.54) is 24.2 Å². The van der Waals surface area contributed by atoms with Crippen LogP contribution >= 0.6 is 0 Å². The van der Waals surface area contributed by atoms with Crippen LogP contribution in [0.4, 0.5) is 0 Å². The minimum atomic E-state index is 0.722. The minimum absolute atomic E-state index is 0.722. The van der Waals surface area contributed by atoms with Crippen LogP contribution in [-0.2, 0) is 13.6 Å². The van der Waals surface area contributed by atoms with E-state index in [1.807, 2.05) is 17.9 Å². The predicted octanol–water partition coefficient (Wildman–Crippen LogP) is 0.912. The molecule has 0 radical (unpaired) electrons. The Kier molecular flexibility index (Phi) is 3.61. The first kappa shape index (κ1) is 11.6. The molecular weight excluding hydrogens is 200 g/mol. The third-order valence-corrected chi connectivity index (χ3v) is 3.50. The number of hydrogen-bond donors (Lipinski definition) is 1. The first-order valence-corrected chi connectivity index (χ1v) is 6.14. The molecule has 0 aromatic carbocycles. The zero-order valence-electron chi connectivity index (χ0n) is 10.5. The van der Waals surface area contributed by atoms with Crippen molar-refractivity contribution in [2.24, 2.45) is 7.05 Å². The summed E-state index contributed by atoms with van der Waals surface area (Å²) in [5.41, 5.74) is 2.65. The molecule has 0 saturated carbocycles. The van der Waals surface area contributed by atoms with Crippen LogP contribution in [0.2, 0.25) is 0 Å². The summed E-state index contributed by atoms with van der Waals surface area (Å²) in [6.45, 7) is 8.89. The zero-order chi connectivity index (χ0) is 11.5. The molecule has 1 aromatic heterocycles. The lowest BCUT2D eigenvalue weighted by Crippen LogP contribution is -2.57. The van der Waals surface area contributed by atoms with E-state index < -0.39 is 0 Å². The van der Waals surface area contributed by atoms with E-state index >= 15 is 0 Å². The van der Waals surface area contributed by atoms with Gasteiger partial charge in [0.1, 0.15) is 0 Å². The standard InChI is InChI=1S/C12H22N4/c1-4-5-16(12-7-13-8-12)9-11-6-14-15(3)10(11)2/h6,12-13H,4-5,7-9H2,1-3H3. The summed E-state index contributed by atoms with van der Waals surface area (Å²) in [7, 11) is 2.01. The lowest BCUT2D eigenvalue weighted by Gasteiger charge is -2.38. The van der Waals surface area contributed by atoms with Crippen molar-refractivity contribution in [2.45, 2.75) is 32.9 Å². The molecule has 90 valence electrons. The van der Waals surface area contributed by atoms with Gasteiger partial charge in [0.25, 0.3) is 0 Å². The van der Waals surface area contributed by atoms with Crippen molar-refractivity contribution in [1.82, 2.24) is 20.0 Å². The van der Waals surface area contributed by atoms with E-state index in [-0.39, 0.29) is 0 Å². The highest BCUT2D eigenvalue weighted by Gasteiger charge is 2.24. The smallest absolute Gasteiger partial charge is 0.0537 e. The highest BCUT2D eigenvalue weighted by atomic mass is 15.3. The maximum Gasteiger partial charge on any atom is 0.0537 e. The third kappa shape index (κ3) is 2.28. The minimum Gasteiger partial charge on any atom is -0.314 e. The quantitative estimate of drug-likeness (QED) is 0.804. The second-order valence-electron chi connectivity index (χ2n) is 4.66. The summed E-state index contributed by atoms with van der Waals surface area (Å²) in [6.07, 6.45) is 3.22. The van der Waals surface area contributed by atoms with Crippen molar-refractivity contribution in [2.75, 3.05) is 19.6 Å². The zero-order valence-corrected chi connectivity index (χ0v) is 10.5. The van der Waals surface area contributed by atoms with Crippen LogP contribution < -0.4 is 5.32 Å². The van der Waals surface area contributed by atoms with Gasteiger partial charge < -0.3 is 5.32 Å². The maximum atomic E-state index is 4.31. The second kappa shape index (κ2) is 4.97. The van der Waals surface area contributed by atoms with Crippen LogP contribution in [0.5, 0.6) is 0 Å². The Morgan fingerprint density at radius 2 is 2.31 bits per heavy atom. The third-order valence-electron chi connectivity index (χ3n) is 3.50. The molecule has 1 N–H and O–H groups in total. The summed E-state index contributed by atoms with van der Waals surface area (Å²) in [4.78, 5) is 2.57. The first-order valence-electron chi connectivity index (χ1n) is 6.14. The summed E-state index contributed by atoms with van der Waals surface area (Å²) in [5, 5.41) is 7.65. The average molecular weight is 222 g/mol. The van der Waals surface area contributed by atoms with Crippen LogP contribution in [0.15, 0.2) is 6.20 Å². The van der Waals surface area contributed by atoms with Crippen molar-refractivity contribution in [3.05, 3.63) is 17.5 Å². The molecule has 0 aliphatic carbocycles. The van der Waals surface area contributed by atoms with Gasteiger partial charge in [-0.25, -0.2) is 0 Å². The molecule has 1 fully saturated rings. The van der Waals surface area contributed by atoms with E-state index in [9.17, 15) is 0 Å². The molecule has 0 bridgehead atoms. The number of rotatable bonds is 5. The number of aryl methyl sites for hydroxylation is 1. The molecule has 2 rings (SSSR count). The monoisotopic (exact) mass is 222 g/mol. The van der Waals surface area contributed by atoms with Crippen molar-refractivity contribution < 1.29 is 0 Å². The molecule has 4 nitrogen and oxygen atoms in total. The van der Waals surface area contributed by atoms with E-state index in [4.69, 9.17) is 0 Å². The van der Waals surface area contributed by atoms with Crippen LogP contribution in [0.3, 0.4) is 0 Å². The fourth-order valence-corrected chi connectivity index (χ4v) is 2.13. The highest BCUT2D eigenvalue weighted by Crippen LogP contribution is 2.14. The molecule has 1 aliphatic heterocycles. The molecule has 1 aromatic rings. The van der Waals surface area contributed by atoms with E-state index in [0.29, 0.717) is 0 Å². The number of aromatic nitrogens is 2. The van der Waals surface area contributed by atoms with Crippen molar-refractivity contribution in [3.63, 3.8) is 0 Å². The van der Waals surface area contributed by atoms with Gasteiger partial charge in [-0.05, 0) is 19.9 Å². The summed E-state index contributed by atoms with van der Waals surface area (Å²) in [5.74, 6) is 0. The van der Waals surface area contributed by atoms with Gasteiger partial charge in [0, 0.05) is 44.0 Å². The van der Waals surface area contributed by atoms with Gasteiger partial charge >= 0.3 is 0 Å². The average Bonchev–Trinajstić information content (AvgIpc) is 2.47. The fraction of sp³-hybridized carbons (Fsp3) is 0.750. The molecule has 4 heteroatoms. The summed E-state index contributed by atoms with van der Waals surface area (Å²) in [6, 6.07) is 0.722. The maximum absolute atomic E-state index is 4.31. The number of nitrogens with zero attached hydrogens (tertiary/aromatic N) is 3. The molecule has 1 saturated heterocycles. The van der Waals surface area contributed by atoms with Gasteiger partial charge in [-0.2, -0.15) is 5.10 Å². The highest BCUT2D eigenvalue weighted by molar-refractivity contribution is 5.16. The first-order chi connectivity index (χ1) is 7.72. The molecule has 0 amide bonds. The summed E-state index contributed by atoms with van der Waals surface area (Å²) >= 11 is 0. The van der Waals surface area contributed by atoms with Crippen LogP contribution in [0, 0.1) is 6.92 Å². The van der Waals surface area contributed by atoms with Crippen molar-refractivity contribution in [3.8, 4) is 0 Å². The van der Waals surface area contributed by atoms with Gasteiger partial charge in [-0.1, -0.05) is 6.92 Å². The molecule has 0 atom stereocenters. The Balaban J connectivity index is 2.01. The predicted molar refractivity (Wildman–Crippen MR) is 65.3 cm³/mol. The Morgan fingerprint density at radius 1 is 1.56 bits per heavy atom. The van der Waals surface area contributed by atoms with E-state index in [1.54, 1.807) is 0 Å². The van der Waals surface area contributed by atoms with Crippen LogP contribution in [0.25, 0.3) is 0 Å². The Hall–Kier alpha value is -0.870. The largest absolute Gasteiger partial charge is 0.314 e. The van der Waals surface area contributed by atoms with Gasteiger partial charge in [-0.3, -0.25) is 9.58 Å². The SMILES string of the molecule is CCCN(Cc1cnn(C)c1C)C1CNC1. The molecule has 1 aliphatic rings. The lowest BCUT2D eigenvalue weighted by atomic mass is 10.1. The molecule has 0 spiro atoms. The molecule has 2 heterocycles. The number of nitrogens with one attached hydrogen (secondary N) is 1. The van der Waals surface area contributed by atoms with E-state index in [0.717, 1.165) is 25.7 Å². The van der Waals surface area contributed by atoms with Gasteiger partial charge in [0.2, 0.25) is 0 Å². The molecule has 0 unspecified atom stereocenters. The molecule has 16 heavy (non-hydrogen) atoms. The van der Waals surface area contributed by atoms with Crippen molar-refractivity contribution in [1.29, 1.82) is 0 Å². The molecular formula is C12H22N4.